The number of rotatable bonds is 33. The molecule has 56 heavy (non-hydrogen) atoms. The fraction of sp³-hybridized carbons (Fsp3) is 0.528. The third kappa shape index (κ3) is 17.9. The largest absolute Gasteiger partial charge is 0.490 e. The van der Waals surface area contributed by atoms with E-state index in [9.17, 15) is 34.6 Å². The summed E-state index contributed by atoms with van der Waals surface area (Å²) >= 11 is 0. The second-order valence-electron chi connectivity index (χ2n) is 11.9. The van der Waals surface area contributed by atoms with E-state index in [4.69, 9.17) is 38.3 Å². The van der Waals surface area contributed by atoms with Crippen molar-refractivity contribution in [3.63, 3.8) is 0 Å². The van der Waals surface area contributed by atoms with Crippen LogP contribution < -0.4 is 15.4 Å². The predicted molar refractivity (Wildman–Crippen MR) is 200 cm³/mol. The smallest absolute Gasteiger partial charge is 0.352 e. The number of nitrogens with zero attached hydrogens (tertiary/aromatic N) is 2. The van der Waals surface area contributed by atoms with Crippen LogP contribution in [-0.2, 0) is 38.0 Å². The van der Waals surface area contributed by atoms with Gasteiger partial charge in [0, 0.05) is 55.9 Å². The number of H-pyrrole nitrogens is 1. The number of carbonyl (C=O) groups is 3. The Morgan fingerprint density at radius 1 is 0.679 bits per heavy atom. The van der Waals surface area contributed by atoms with Crippen LogP contribution >= 0.6 is 0 Å². The zero-order valence-electron chi connectivity index (χ0n) is 31.0. The first kappa shape index (κ1) is 45.1. The lowest BCUT2D eigenvalue weighted by Crippen LogP contribution is -2.28. The lowest BCUT2D eigenvalue weighted by molar-refractivity contribution is -0.393. The van der Waals surface area contributed by atoms with Gasteiger partial charge in [-0.2, -0.15) is 0 Å². The summed E-state index contributed by atoms with van der Waals surface area (Å²) in [6, 6.07) is 10.2. The van der Waals surface area contributed by atoms with Gasteiger partial charge in [0.15, 0.2) is 0 Å². The molecule has 0 aliphatic carbocycles. The van der Waals surface area contributed by atoms with Gasteiger partial charge in [-0.15, -0.1) is 0 Å². The number of Topliss-reactive ketones (excluding diaryl/α,β-unsaturated/α-hetero) is 1. The zero-order chi connectivity index (χ0) is 40.4. The van der Waals surface area contributed by atoms with Crippen LogP contribution in [-0.4, -0.2) is 137 Å². The number of fused-ring (bicyclic) bond motifs is 1. The number of nitro groups is 2. The van der Waals surface area contributed by atoms with Crippen molar-refractivity contribution in [1.29, 1.82) is 0 Å². The number of anilines is 1. The van der Waals surface area contributed by atoms with Crippen molar-refractivity contribution in [2.24, 2.45) is 0 Å². The van der Waals surface area contributed by atoms with Gasteiger partial charge in [0.05, 0.1) is 88.6 Å². The Balaban J connectivity index is 1.03. The van der Waals surface area contributed by atoms with E-state index in [-0.39, 0.29) is 68.0 Å². The highest BCUT2D eigenvalue weighted by atomic mass is 16.6. The Morgan fingerprint density at radius 3 is 1.91 bits per heavy atom. The van der Waals surface area contributed by atoms with Crippen molar-refractivity contribution >= 4 is 45.6 Å². The van der Waals surface area contributed by atoms with Crippen LogP contribution in [0.4, 0.5) is 17.1 Å². The Labute approximate surface area is 322 Å². The molecule has 3 rings (SSSR count). The summed E-state index contributed by atoms with van der Waals surface area (Å²) in [4.78, 5) is 58.7. The van der Waals surface area contributed by atoms with Crippen LogP contribution in [0.3, 0.4) is 0 Å². The monoisotopic (exact) mass is 791 g/mol. The van der Waals surface area contributed by atoms with E-state index in [1.54, 1.807) is 18.2 Å². The zero-order valence-corrected chi connectivity index (χ0v) is 31.0. The summed E-state index contributed by atoms with van der Waals surface area (Å²) in [6.45, 7) is 4.86. The predicted octanol–water partition coefficient (Wildman–Crippen LogP) is 3.52. The molecule has 0 saturated carbocycles. The van der Waals surface area contributed by atoms with Crippen LogP contribution in [0.25, 0.3) is 10.9 Å². The summed E-state index contributed by atoms with van der Waals surface area (Å²) in [7, 11) is 0. The number of benzene rings is 2. The first-order valence-corrected chi connectivity index (χ1v) is 18.0. The van der Waals surface area contributed by atoms with Gasteiger partial charge in [-0.1, -0.05) is 6.07 Å². The van der Waals surface area contributed by atoms with Crippen molar-refractivity contribution in [2.75, 3.05) is 104 Å². The molecule has 308 valence electrons. The first-order valence-electron chi connectivity index (χ1n) is 18.0. The van der Waals surface area contributed by atoms with Gasteiger partial charge >= 0.3 is 5.97 Å². The van der Waals surface area contributed by atoms with E-state index in [1.807, 2.05) is 0 Å². The van der Waals surface area contributed by atoms with Gasteiger partial charge in [-0.05, 0) is 30.7 Å². The number of aromatic nitrogens is 1. The maximum absolute atomic E-state index is 12.1. The number of non-ortho nitro benzene ring substituents is 1. The summed E-state index contributed by atoms with van der Waals surface area (Å²) < 4.78 is 38.4. The molecule has 0 unspecified atom stereocenters. The number of carboxylic acids is 1. The molecule has 4 N–H and O–H groups in total. The molecule has 3 aromatic rings. The molecule has 1 aromatic heterocycles. The number of carboxylic acid groups (broad SMARTS) is 1. The van der Waals surface area contributed by atoms with Crippen molar-refractivity contribution in [1.82, 2.24) is 10.3 Å². The highest BCUT2D eigenvalue weighted by Gasteiger charge is 2.19. The van der Waals surface area contributed by atoms with Crippen LogP contribution in [0.5, 0.6) is 5.75 Å². The van der Waals surface area contributed by atoms with E-state index < -0.39 is 21.5 Å². The molecular formula is C36H49N5O15. The third-order valence-corrected chi connectivity index (χ3v) is 7.72. The molecule has 0 aliphatic rings. The van der Waals surface area contributed by atoms with E-state index in [0.29, 0.717) is 102 Å². The lowest BCUT2D eigenvalue weighted by Gasteiger charge is -2.09. The topological polar surface area (TPSA) is 262 Å². The molecule has 0 bridgehead atoms. The van der Waals surface area contributed by atoms with E-state index in [0.717, 1.165) is 6.07 Å². The summed E-state index contributed by atoms with van der Waals surface area (Å²) in [5.74, 6) is -0.713. The number of nitrogens with one attached hydrogen (secondary N) is 3. The van der Waals surface area contributed by atoms with Gasteiger partial charge in [0.25, 0.3) is 11.4 Å². The number of hydrogen-bond acceptors (Lipinski definition) is 15. The maximum Gasteiger partial charge on any atom is 0.352 e. The number of aromatic amines is 1. The number of aromatic carboxylic acids is 1. The molecule has 0 radical (unpaired) electrons. The van der Waals surface area contributed by atoms with Crippen molar-refractivity contribution in [2.45, 2.75) is 25.7 Å². The minimum absolute atomic E-state index is 0.0157. The highest BCUT2D eigenvalue weighted by Crippen LogP contribution is 2.29. The SMILES string of the molecule is O=C(CCCOCCOCCOCCOc1cccc2[nH]c(C(=O)O)cc12)CCC(=O)NCCOCCOCCOCCNc1ccc([N+](=O)[O-])cc1[N+](=O)[O-]. The van der Waals surface area contributed by atoms with Gasteiger partial charge < -0.3 is 53.9 Å². The molecule has 2 aromatic carbocycles. The highest BCUT2D eigenvalue weighted by molar-refractivity contribution is 5.96. The summed E-state index contributed by atoms with van der Waals surface area (Å²) in [5.41, 5.74) is 0.175. The third-order valence-electron chi connectivity index (χ3n) is 7.72. The van der Waals surface area contributed by atoms with Crippen molar-refractivity contribution in [3.8, 4) is 5.75 Å². The molecule has 0 aliphatic heterocycles. The quantitative estimate of drug-likeness (QED) is 0.0391. The molecule has 20 heteroatoms. The van der Waals surface area contributed by atoms with Crippen molar-refractivity contribution in [3.05, 3.63) is 68.4 Å². The normalized spacial score (nSPS) is 11.1. The number of nitro benzene ring substituents is 2. The van der Waals surface area contributed by atoms with E-state index >= 15 is 0 Å². The molecule has 1 amide bonds. The average Bonchev–Trinajstić information content (AvgIpc) is 3.63. The molecule has 0 saturated heterocycles. The number of hydrogen-bond donors (Lipinski definition) is 4. The standard InChI is InChI=1S/C36H49N5O15/c42-28(3-2-12-50-15-18-53-21-22-55-23-24-56-34-5-1-4-30-29(34)26-32(39-30)36(44)45)7-9-35(43)38-11-14-52-17-20-54-19-16-51-13-10-37-31-8-6-27(40(46)47)25-33(31)41(48)49/h1,4-6,8,25-26,37,39H,2-3,7,9-24H2,(H,38,43)(H,44,45). The Bertz CT molecular complexity index is 1690. The van der Waals surface area contributed by atoms with Gasteiger partial charge in [-0.3, -0.25) is 29.8 Å². The molecular weight excluding hydrogens is 742 g/mol. The summed E-state index contributed by atoms with van der Waals surface area (Å²) in [5, 5.41) is 37.4. The van der Waals surface area contributed by atoms with Crippen LogP contribution in [0.2, 0.25) is 0 Å². The van der Waals surface area contributed by atoms with Gasteiger partial charge in [-0.25, -0.2) is 4.79 Å². The Kier molecular flexibility index (Phi) is 21.4. The minimum Gasteiger partial charge on any atom is -0.490 e. The minimum atomic E-state index is -1.04. The van der Waals surface area contributed by atoms with Crippen molar-refractivity contribution < 1.29 is 62.5 Å². The fourth-order valence-corrected chi connectivity index (χ4v) is 4.96. The van der Waals surface area contributed by atoms with Gasteiger partial charge in [0.2, 0.25) is 5.91 Å². The average molecular weight is 792 g/mol. The fourth-order valence-electron chi connectivity index (χ4n) is 4.96. The van der Waals surface area contributed by atoms with Crippen LogP contribution in [0.1, 0.15) is 36.2 Å². The Morgan fingerprint density at radius 2 is 1.29 bits per heavy atom. The molecule has 0 spiro atoms. The number of amides is 1. The number of carbonyl (C=O) groups excluding carboxylic acids is 2. The van der Waals surface area contributed by atoms with E-state index in [2.05, 4.69) is 15.6 Å². The molecule has 20 nitrogen and oxygen atoms in total. The first-order chi connectivity index (χ1) is 27.2. The second kappa shape index (κ2) is 26.5. The second-order valence-corrected chi connectivity index (χ2v) is 11.9. The summed E-state index contributed by atoms with van der Waals surface area (Å²) in [6.07, 6.45) is 1.12. The molecule has 0 atom stereocenters. The molecule has 1 heterocycles. The number of ether oxygens (including phenoxy) is 7. The molecule has 0 fully saturated rings. The lowest BCUT2D eigenvalue weighted by atomic mass is 10.1. The van der Waals surface area contributed by atoms with Gasteiger partial charge in [0.1, 0.15) is 29.5 Å². The Hall–Kier alpha value is -5.25. The number of ketones is 1. The van der Waals surface area contributed by atoms with E-state index in [1.165, 1.54) is 18.2 Å². The maximum atomic E-state index is 12.1. The van der Waals surface area contributed by atoms with Crippen LogP contribution in [0, 0.1) is 20.2 Å². The van der Waals surface area contributed by atoms with Crippen LogP contribution in [0.15, 0.2) is 42.5 Å².